The molecule has 0 aliphatic carbocycles. The summed E-state index contributed by atoms with van der Waals surface area (Å²) in [4.78, 5) is 0. The summed E-state index contributed by atoms with van der Waals surface area (Å²) in [5.74, 6) is 1.54. The minimum absolute atomic E-state index is 0. The van der Waals surface area contributed by atoms with Crippen molar-refractivity contribution in [2.75, 3.05) is 26.2 Å². The largest absolute Gasteiger partial charge is 0.662 e. The zero-order valence-electron chi connectivity index (χ0n) is 8.72. The van der Waals surface area contributed by atoms with Gasteiger partial charge in [-0.3, -0.25) is 0 Å². The van der Waals surface area contributed by atoms with Gasteiger partial charge >= 0.3 is 0 Å². The van der Waals surface area contributed by atoms with Gasteiger partial charge in [0, 0.05) is 20.4 Å². The van der Waals surface area contributed by atoms with Gasteiger partial charge in [-0.05, 0) is 31.8 Å². The van der Waals surface area contributed by atoms with Gasteiger partial charge in [0.25, 0.3) is 0 Å². The Bertz CT molecular complexity index is 111. The number of rotatable bonds is 4. The average molecular weight is 355 g/mol. The Balaban J connectivity index is 0.00000144. The molecule has 1 fully saturated rings. The van der Waals surface area contributed by atoms with Gasteiger partial charge in [-0.25, -0.2) is 0 Å². The third-order valence-corrected chi connectivity index (χ3v) is 2.28. The van der Waals surface area contributed by atoms with Crippen molar-refractivity contribution in [2.45, 2.75) is 26.7 Å². The molecule has 1 N–H and O–H groups in total. The Hall–Kier alpha value is 0.582. The topological polar surface area (TPSA) is 26.1 Å². The van der Waals surface area contributed by atoms with Crippen molar-refractivity contribution >= 4 is 0 Å². The Morgan fingerprint density at radius 2 is 2.23 bits per heavy atom. The predicted molar refractivity (Wildman–Crippen MR) is 53.5 cm³/mol. The van der Waals surface area contributed by atoms with E-state index >= 15 is 0 Å². The van der Waals surface area contributed by atoms with Crippen LogP contribution in [0.3, 0.4) is 0 Å². The predicted octanol–water partition coefficient (Wildman–Crippen LogP) is 2.01. The fraction of sp³-hybridized carbons (Fsp3) is 1.00. The molecular formula is C10H21N2Re-. The van der Waals surface area contributed by atoms with E-state index in [1.165, 1.54) is 25.9 Å². The van der Waals surface area contributed by atoms with E-state index in [1.54, 1.807) is 0 Å². The molecule has 1 aliphatic rings. The van der Waals surface area contributed by atoms with Crippen LogP contribution in [-0.4, -0.2) is 26.2 Å². The minimum atomic E-state index is 0. The molecule has 0 bridgehead atoms. The van der Waals surface area contributed by atoms with Crippen molar-refractivity contribution in [3.63, 3.8) is 0 Å². The first-order valence-electron chi connectivity index (χ1n) is 5.13. The van der Waals surface area contributed by atoms with E-state index in [0.717, 1.165) is 24.9 Å². The van der Waals surface area contributed by atoms with Gasteiger partial charge in [0.1, 0.15) is 0 Å². The summed E-state index contributed by atoms with van der Waals surface area (Å²) in [6, 6.07) is 0. The Labute approximate surface area is 95.9 Å². The van der Waals surface area contributed by atoms with Crippen LogP contribution < -0.4 is 5.32 Å². The summed E-state index contributed by atoms with van der Waals surface area (Å²) in [5.41, 5.74) is 0. The molecule has 1 rings (SSSR count). The number of hydrogen-bond acceptors (Lipinski definition) is 1. The normalized spacial score (nSPS) is 22.8. The molecule has 3 heteroatoms. The van der Waals surface area contributed by atoms with E-state index in [0.29, 0.717) is 0 Å². The fourth-order valence-electron chi connectivity index (χ4n) is 1.60. The van der Waals surface area contributed by atoms with Crippen LogP contribution in [-0.2, 0) is 20.4 Å². The first kappa shape index (κ1) is 13.6. The van der Waals surface area contributed by atoms with Crippen LogP contribution in [0.4, 0.5) is 0 Å². The molecule has 0 amide bonds. The molecule has 1 radical (unpaired) electrons. The van der Waals surface area contributed by atoms with E-state index in [-0.39, 0.29) is 20.4 Å². The van der Waals surface area contributed by atoms with Gasteiger partial charge in [0.15, 0.2) is 0 Å². The summed E-state index contributed by atoms with van der Waals surface area (Å²) in [6.07, 6.45) is 2.70. The molecule has 1 unspecified atom stereocenters. The quantitative estimate of drug-likeness (QED) is 0.820. The number of nitrogens with zero attached hydrogens (tertiary/aromatic N) is 1. The summed E-state index contributed by atoms with van der Waals surface area (Å²) < 4.78 is 0. The van der Waals surface area contributed by atoms with Gasteiger partial charge in [-0.2, -0.15) is 0 Å². The van der Waals surface area contributed by atoms with E-state index in [2.05, 4.69) is 24.5 Å². The first-order valence-corrected chi connectivity index (χ1v) is 5.13. The summed E-state index contributed by atoms with van der Waals surface area (Å²) >= 11 is 0. The van der Waals surface area contributed by atoms with Crippen molar-refractivity contribution < 1.29 is 20.4 Å². The number of hydrogen-bond donors (Lipinski definition) is 1. The summed E-state index contributed by atoms with van der Waals surface area (Å²) in [5, 5.41) is 7.97. The van der Waals surface area contributed by atoms with Crippen molar-refractivity contribution in [1.29, 1.82) is 0 Å². The molecule has 0 aromatic heterocycles. The Morgan fingerprint density at radius 3 is 2.77 bits per heavy atom. The molecule has 2 nitrogen and oxygen atoms in total. The van der Waals surface area contributed by atoms with Crippen molar-refractivity contribution in [3.8, 4) is 0 Å². The monoisotopic (exact) mass is 356 g/mol. The van der Waals surface area contributed by atoms with Gasteiger partial charge in [0.05, 0.1) is 0 Å². The van der Waals surface area contributed by atoms with E-state index < -0.39 is 0 Å². The Morgan fingerprint density at radius 1 is 1.46 bits per heavy atom. The molecule has 0 saturated carbocycles. The first-order chi connectivity index (χ1) is 5.79. The smallest absolute Gasteiger partial charge is 0 e. The molecule has 13 heavy (non-hydrogen) atoms. The molecule has 0 spiro atoms. The molecule has 0 aromatic carbocycles. The standard InChI is InChI=1S/C10H21N2.Re/c1-9(2)6-12-8-10-4-3-5-11-7-10;/h9-11H,3-8H2,1-2H3;/q-1;. The van der Waals surface area contributed by atoms with Crippen LogP contribution in [0.2, 0.25) is 0 Å². The maximum absolute atomic E-state index is 4.55. The molecule has 1 saturated heterocycles. The van der Waals surface area contributed by atoms with Crippen molar-refractivity contribution in [2.24, 2.45) is 11.8 Å². The van der Waals surface area contributed by atoms with E-state index in [9.17, 15) is 0 Å². The van der Waals surface area contributed by atoms with E-state index in [4.69, 9.17) is 0 Å². The van der Waals surface area contributed by atoms with Crippen LogP contribution in [0.5, 0.6) is 0 Å². The summed E-state index contributed by atoms with van der Waals surface area (Å²) in [6.45, 7) is 8.95. The SMILES string of the molecule is CC(C)C[N-]CC1CCCNC1.[Re]. The zero-order valence-corrected chi connectivity index (χ0v) is 11.4. The molecule has 1 aliphatic heterocycles. The van der Waals surface area contributed by atoms with Gasteiger partial charge in [0.2, 0.25) is 0 Å². The molecule has 79 valence electrons. The van der Waals surface area contributed by atoms with Crippen molar-refractivity contribution in [1.82, 2.24) is 5.32 Å². The summed E-state index contributed by atoms with van der Waals surface area (Å²) in [7, 11) is 0. The van der Waals surface area contributed by atoms with Crippen LogP contribution in [0, 0.1) is 11.8 Å². The third-order valence-electron chi connectivity index (χ3n) is 2.28. The third kappa shape index (κ3) is 6.63. The van der Waals surface area contributed by atoms with Gasteiger partial charge < -0.3 is 10.6 Å². The van der Waals surface area contributed by atoms with Crippen LogP contribution in [0.15, 0.2) is 0 Å². The van der Waals surface area contributed by atoms with Gasteiger partial charge in [-0.15, -0.1) is 13.1 Å². The maximum atomic E-state index is 4.55. The van der Waals surface area contributed by atoms with Crippen LogP contribution in [0.1, 0.15) is 26.7 Å². The minimum Gasteiger partial charge on any atom is -0.662 e. The Kier molecular flexibility index (Phi) is 8.29. The molecule has 1 heterocycles. The van der Waals surface area contributed by atoms with Gasteiger partial charge in [-0.1, -0.05) is 19.8 Å². The maximum Gasteiger partial charge on any atom is 0 e. The van der Waals surface area contributed by atoms with Crippen molar-refractivity contribution in [3.05, 3.63) is 5.32 Å². The molecule has 0 aromatic rings. The second kappa shape index (κ2) is 7.94. The second-order valence-electron chi connectivity index (χ2n) is 4.19. The molecule has 1 atom stereocenters. The molecular weight excluding hydrogens is 334 g/mol. The second-order valence-corrected chi connectivity index (χ2v) is 4.19. The van der Waals surface area contributed by atoms with Crippen LogP contribution in [0.25, 0.3) is 5.32 Å². The number of piperidine rings is 1. The van der Waals surface area contributed by atoms with E-state index in [1.807, 2.05) is 0 Å². The van der Waals surface area contributed by atoms with Crippen LogP contribution >= 0.6 is 0 Å². The zero-order chi connectivity index (χ0) is 8.81. The number of nitrogens with one attached hydrogen (secondary N) is 1. The fourth-order valence-corrected chi connectivity index (χ4v) is 1.60. The average Bonchev–Trinajstić information content (AvgIpc) is 2.05.